The van der Waals surface area contributed by atoms with Crippen LogP contribution in [-0.2, 0) is 4.79 Å². The van der Waals surface area contributed by atoms with Crippen LogP contribution in [0.15, 0.2) is 0 Å². The first kappa shape index (κ1) is 23.9. The number of carbonyl (C=O) groups excluding carboxylic acids is 1. The second-order valence-corrected chi connectivity index (χ2v) is 4.57. The van der Waals surface area contributed by atoms with Gasteiger partial charge in [0.1, 0.15) is 0 Å². The molecule has 0 atom stereocenters. The molecule has 0 aromatic heterocycles. The van der Waals surface area contributed by atoms with Gasteiger partial charge in [0.25, 0.3) is 5.24 Å². The lowest BCUT2D eigenvalue weighted by atomic mass is 9.86. The van der Waals surface area contributed by atoms with E-state index in [1.807, 2.05) is 0 Å². The van der Waals surface area contributed by atoms with Crippen molar-refractivity contribution in [2.45, 2.75) is 41.7 Å². The van der Waals surface area contributed by atoms with Gasteiger partial charge in [-0.1, -0.05) is 0 Å². The minimum Gasteiger partial charge on any atom is -0.274 e. The normalized spacial score (nSPS) is 16.2. The highest BCUT2D eigenvalue weighted by Crippen LogP contribution is 2.63. The number of rotatable bonds is 5. The summed E-state index contributed by atoms with van der Waals surface area (Å²) in [5, 5.41) is -3.84. The summed E-state index contributed by atoms with van der Waals surface area (Å²) in [6.07, 6.45) is -16.0. The Morgan fingerprint density at radius 1 is 0.520 bits per heavy atom. The van der Waals surface area contributed by atoms with Crippen LogP contribution in [0.25, 0.3) is 0 Å². The molecular formula is C8ClF15O. The fourth-order valence-corrected chi connectivity index (χ4v) is 1.37. The van der Waals surface area contributed by atoms with Gasteiger partial charge in [-0.25, -0.2) is 4.39 Å². The van der Waals surface area contributed by atoms with Crippen molar-refractivity contribution >= 4 is 16.8 Å². The fourth-order valence-electron chi connectivity index (χ4n) is 1.25. The first-order valence-electron chi connectivity index (χ1n) is 4.98. The zero-order valence-electron chi connectivity index (χ0n) is 10.5. The summed E-state index contributed by atoms with van der Waals surface area (Å²) >= 11 is 3.72. The van der Waals surface area contributed by atoms with Crippen LogP contribution >= 0.6 is 11.6 Å². The second kappa shape index (κ2) is 5.70. The quantitative estimate of drug-likeness (QED) is 0.435. The predicted octanol–water partition coefficient (Wildman–Crippen LogP) is 5.13. The van der Waals surface area contributed by atoms with Crippen LogP contribution < -0.4 is 0 Å². The van der Waals surface area contributed by atoms with Gasteiger partial charge in [0.2, 0.25) is 0 Å². The van der Waals surface area contributed by atoms with Crippen molar-refractivity contribution in [2.75, 3.05) is 0 Å². The van der Waals surface area contributed by atoms with Gasteiger partial charge in [0, 0.05) is 0 Å². The van der Waals surface area contributed by atoms with Crippen LogP contribution in [0.1, 0.15) is 0 Å². The third-order valence-electron chi connectivity index (χ3n) is 2.64. The van der Waals surface area contributed by atoms with Gasteiger partial charge in [0.05, 0.1) is 0 Å². The number of hydrogen-bond donors (Lipinski definition) is 0. The highest BCUT2D eigenvalue weighted by molar-refractivity contribution is 6.65. The molecule has 0 saturated carbocycles. The molecule has 0 fully saturated rings. The number of alkyl halides is 15. The van der Waals surface area contributed by atoms with Gasteiger partial charge in [-0.2, -0.15) is 61.5 Å². The SMILES string of the molecule is O=C(Cl)C(F)(F)C(F)(F)C(F)(F)C(F)(F)C(F)(C(F)(F)F)C(F)(F)F. The molecule has 17 heteroatoms. The zero-order chi connectivity index (χ0) is 21.1. The molecule has 0 aliphatic carbocycles. The van der Waals surface area contributed by atoms with Crippen molar-refractivity contribution in [3.05, 3.63) is 0 Å². The molecule has 0 spiro atoms. The molecular weight excluding hydrogens is 433 g/mol. The average Bonchev–Trinajstić information content (AvgIpc) is 2.33. The van der Waals surface area contributed by atoms with Crippen molar-refractivity contribution in [2.24, 2.45) is 0 Å². The Hall–Kier alpha value is -1.09. The summed E-state index contributed by atoms with van der Waals surface area (Å²) in [4.78, 5) is 9.95. The number of hydrogen-bond acceptors (Lipinski definition) is 1. The highest BCUT2D eigenvalue weighted by atomic mass is 35.5. The summed E-state index contributed by atoms with van der Waals surface area (Å²) in [7, 11) is 0. The lowest BCUT2D eigenvalue weighted by Gasteiger charge is -2.42. The van der Waals surface area contributed by atoms with Gasteiger partial charge in [0.15, 0.2) is 0 Å². The van der Waals surface area contributed by atoms with Crippen molar-refractivity contribution in [1.29, 1.82) is 0 Å². The Bertz CT molecular complexity index is 515. The van der Waals surface area contributed by atoms with E-state index in [0.29, 0.717) is 0 Å². The lowest BCUT2D eigenvalue weighted by molar-refractivity contribution is -0.454. The molecule has 0 aromatic carbocycles. The summed E-state index contributed by atoms with van der Waals surface area (Å²) in [6, 6.07) is 0. The van der Waals surface area contributed by atoms with E-state index in [1.54, 1.807) is 0 Å². The minimum absolute atomic E-state index is 3.72. The maximum absolute atomic E-state index is 13.0. The second-order valence-electron chi connectivity index (χ2n) is 4.23. The van der Waals surface area contributed by atoms with Crippen molar-refractivity contribution in [1.82, 2.24) is 0 Å². The Balaban J connectivity index is 6.80. The Kier molecular flexibility index (Phi) is 5.46. The van der Waals surface area contributed by atoms with E-state index in [9.17, 15) is 70.7 Å². The maximum atomic E-state index is 13.0. The van der Waals surface area contributed by atoms with Crippen LogP contribution in [0.5, 0.6) is 0 Å². The van der Waals surface area contributed by atoms with Gasteiger partial charge in [-0.15, -0.1) is 0 Å². The van der Waals surface area contributed by atoms with Crippen molar-refractivity contribution < 1.29 is 70.7 Å². The number of halogens is 16. The third kappa shape index (κ3) is 2.89. The summed E-state index contributed by atoms with van der Waals surface area (Å²) in [6.45, 7) is 0. The molecule has 25 heavy (non-hydrogen) atoms. The first-order valence-corrected chi connectivity index (χ1v) is 5.36. The van der Waals surface area contributed by atoms with Crippen molar-refractivity contribution in [3.8, 4) is 0 Å². The van der Waals surface area contributed by atoms with E-state index >= 15 is 0 Å². The summed E-state index contributed by atoms with van der Waals surface area (Å²) in [5.74, 6) is -32.0. The standard InChI is InChI=1S/C8ClF15O/c9-1(25)2(10,11)4(13,14)6(17,18)5(15,16)3(12,7(19,20)21)8(22,23)24. The molecule has 0 heterocycles. The molecule has 0 unspecified atom stereocenters. The van der Waals surface area contributed by atoms with Gasteiger partial charge in [-0.3, -0.25) is 4.79 Å². The highest BCUT2D eigenvalue weighted by Gasteiger charge is 2.96. The van der Waals surface area contributed by atoms with Gasteiger partial charge in [-0.05, 0) is 11.6 Å². The van der Waals surface area contributed by atoms with Gasteiger partial charge < -0.3 is 0 Å². The Morgan fingerprint density at radius 2 is 0.800 bits per heavy atom. The Labute approximate surface area is 130 Å². The maximum Gasteiger partial charge on any atom is 0.438 e. The summed E-state index contributed by atoms with van der Waals surface area (Å²) < 4.78 is 188. The van der Waals surface area contributed by atoms with Crippen LogP contribution in [-0.4, -0.2) is 47.0 Å². The Morgan fingerprint density at radius 3 is 1.00 bits per heavy atom. The molecule has 0 N–H and O–H groups in total. The molecule has 1 nitrogen and oxygen atoms in total. The molecule has 0 aliphatic rings. The first-order chi connectivity index (χ1) is 10.4. The van der Waals surface area contributed by atoms with E-state index in [4.69, 9.17) is 0 Å². The molecule has 0 bridgehead atoms. The number of carbonyl (C=O) groups is 1. The monoisotopic (exact) mass is 432 g/mol. The van der Waals surface area contributed by atoms with E-state index in [-0.39, 0.29) is 0 Å². The third-order valence-corrected chi connectivity index (χ3v) is 2.88. The average molecular weight is 433 g/mol. The predicted molar refractivity (Wildman–Crippen MR) is 46.6 cm³/mol. The largest absolute Gasteiger partial charge is 0.438 e. The molecule has 0 aromatic rings. The van der Waals surface area contributed by atoms with Crippen LogP contribution in [0.4, 0.5) is 65.9 Å². The zero-order valence-corrected chi connectivity index (χ0v) is 11.2. The molecule has 150 valence electrons. The van der Waals surface area contributed by atoms with Crippen LogP contribution in [0.2, 0.25) is 0 Å². The van der Waals surface area contributed by atoms with Crippen LogP contribution in [0.3, 0.4) is 0 Å². The van der Waals surface area contributed by atoms with Crippen LogP contribution in [0, 0.1) is 0 Å². The molecule has 0 amide bonds. The topological polar surface area (TPSA) is 17.1 Å². The molecule has 0 radical (unpaired) electrons. The lowest BCUT2D eigenvalue weighted by Crippen LogP contribution is -2.75. The fraction of sp³-hybridized carbons (Fsp3) is 0.875. The minimum atomic E-state index is -8.55. The van der Waals surface area contributed by atoms with E-state index in [1.165, 1.54) is 0 Å². The molecule has 0 rings (SSSR count). The molecule has 0 aliphatic heterocycles. The van der Waals surface area contributed by atoms with Crippen molar-refractivity contribution in [3.63, 3.8) is 0 Å². The van der Waals surface area contributed by atoms with E-state index in [0.717, 1.165) is 0 Å². The molecule has 0 saturated heterocycles. The van der Waals surface area contributed by atoms with Gasteiger partial charge >= 0.3 is 41.7 Å². The smallest absolute Gasteiger partial charge is 0.274 e. The summed E-state index contributed by atoms with van der Waals surface area (Å²) in [5.41, 5.74) is -8.38. The van der Waals surface area contributed by atoms with E-state index in [2.05, 4.69) is 11.6 Å². The van der Waals surface area contributed by atoms with E-state index < -0.39 is 47.0 Å².